The van der Waals surface area contributed by atoms with Crippen LogP contribution in [0.3, 0.4) is 0 Å². The van der Waals surface area contributed by atoms with Gasteiger partial charge in [-0.05, 0) is 47.7 Å². The molecule has 1 saturated carbocycles. The number of carboxylic acids is 1. The molecule has 5 nitrogen and oxygen atoms in total. The normalized spacial score (nSPS) is 17.7. The first-order chi connectivity index (χ1) is 8.75. The molecule has 2 rings (SSSR count). The number of aromatic carboxylic acids is 1. The highest BCUT2D eigenvalue weighted by Gasteiger charge is 2.37. The van der Waals surface area contributed by atoms with Crippen LogP contribution in [-0.4, -0.2) is 36.9 Å². The first-order valence-electron chi connectivity index (χ1n) is 5.75. The molecule has 1 aliphatic carbocycles. The van der Waals surface area contributed by atoms with Crippen LogP contribution in [0, 0.1) is 5.92 Å². The number of rotatable bonds is 5. The van der Waals surface area contributed by atoms with E-state index in [2.05, 4.69) is 15.9 Å². The minimum atomic E-state index is -3.65. The Bertz CT molecular complexity index is 606. The smallest absolute Gasteiger partial charge is 0.345 e. The van der Waals surface area contributed by atoms with Crippen LogP contribution in [0.25, 0.3) is 0 Å². The van der Waals surface area contributed by atoms with E-state index in [-0.39, 0.29) is 15.8 Å². The predicted molar refractivity (Wildman–Crippen MR) is 76.1 cm³/mol. The third-order valence-electron chi connectivity index (χ3n) is 3.40. The topological polar surface area (TPSA) is 74.7 Å². The lowest BCUT2D eigenvalue weighted by Crippen LogP contribution is -2.36. The van der Waals surface area contributed by atoms with E-state index in [9.17, 15) is 13.2 Å². The molecule has 1 aromatic heterocycles. The van der Waals surface area contributed by atoms with Crippen molar-refractivity contribution in [2.45, 2.75) is 30.7 Å². The van der Waals surface area contributed by atoms with E-state index < -0.39 is 16.0 Å². The second kappa shape index (κ2) is 5.16. The first kappa shape index (κ1) is 15.0. The summed E-state index contributed by atoms with van der Waals surface area (Å²) in [6.07, 6.45) is 2.10. The molecule has 8 heteroatoms. The van der Waals surface area contributed by atoms with Crippen LogP contribution in [0.4, 0.5) is 0 Å². The molecule has 1 aromatic rings. The van der Waals surface area contributed by atoms with Crippen LogP contribution >= 0.6 is 27.3 Å². The first-order valence-corrected chi connectivity index (χ1v) is 8.80. The highest BCUT2D eigenvalue weighted by Crippen LogP contribution is 2.39. The van der Waals surface area contributed by atoms with Crippen molar-refractivity contribution in [1.82, 2.24) is 4.31 Å². The lowest BCUT2D eigenvalue weighted by Gasteiger charge is -2.23. The van der Waals surface area contributed by atoms with Gasteiger partial charge in [-0.2, -0.15) is 4.31 Å². The average molecular weight is 368 g/mol. The Balaban J connectivity index is 2.35. The molecule has 1 aliphatic rings. The number of nitrogens with zero attached hydrogens (tertiary/aromatic N) is 1. The Hall–Kier alpha value is -0.440. The third kappa shape index (κ3) is 2.86. The Morgan fingerprint density at radius 1 is 1.58 bits per heavy atom. The average Bonchev–Trinajstić information content (AvgIpc) is 3.09. The van der Waals surface area contributed by atoms with Gasteiger partial charge in [-0.15, -0.1) is 11.3 Å². The Labute approximate surface area is 124 Å². The number of thiophene rings is 1. The van der Waals surface area contributed by atoms with Crippen molar-refractivity contribution in [1.29, 1.82) is 0 Å². The SMILES string of the molecule is C[C@@H](C1CC1)N(C)S(=O)(=O)c1cc(C(=O)O)sc1Br. The second-order valence-corrected chi connectivity index (χ2v) is 8.99. The zero-order chi connectivity index (χ0) is 14.4. The monoisotopic (exact) mass is 367 g/mol. The quantitative estimate of drug-likeness (QED) is 0.867. The fourth-order valence-electron chi connectivity index (χ4n) is 1.88. The van der Waals surface area contributed by atoms with Crippen molar-refractivity contribution >= 4 is 43.3 Å². The van der Waals surface area contributed by atoms with Gasteiger partial charge < -0.3 is 5.11 Å². The third-order valence-corrected chi connectivity index (χ3v) is 7.59. The Morgan fingerprint density at radius 3 is 2.58 bits per heavy atom. The number of hydrogen-bond donors (Lipinski definition) is 1. The van der Waals surface area contributed by atoms with Crippen molar-refractivity contribution in [3.05, 3.63) is 14.7 Å². The summed E-state index contributed by atoms with van der Waals surface area (Å²) in [4.78, 5) is 10.9. The van der Waals surface area contributed by atoms with E-state index in [4.69, 9.17) is 5.11 Å². The maximum atomic E-state index is 12.5. The molecule has 1 N–H and O–H groups in total. The maximum Gasteiger partial charge on any atom is 0.345 e. The molecule has 1 atom stereocenters. The molecule has 0 spiro atoms. The molecule has 0 aliphatic heterocycles. The summed E-state index contributed by atoms with van der Waals surface area (Å²) >= 11 is 4.05. The number of carbonyl (C=O) groups is 1. The van der Waals surface area contributed by atoms with E-state index in [0.717, 1.165) is 24.2 Å². The second-order valence-electron chi connectivity index (χ2n) is 4.65. The van der Waals surface area contributed by atoms with Gasteiger partial charge in [0.1, 0.15) is 9.77 Å². The van der Waals surface area contributed by atoms with Crippen molar-refractivity contribution in [2.24, 2.45) is 5.92 Å². The van der Waals surface area contributed by atoms with E-state index in [1.807, 2.05) is 6.92 Å². The highest BCUT2D eigenvalue weighted by atomic mass is 79.9. The summed E-state index contributed by atoms with van der Waals surface area (Å²) in [7, 11) is -2.11. The summed E-state index contributed by atoms with van der Waals surface area (Å²) < 4.78 is 26.6. The van der Waals surface area contributed by atoms with Crippen LogP contribution in [0.2, 0.25) is 0 Å². The molecular weight excluding hydrogens is 354 g/mol. The van der Waals surface area contributed by atoms with Crippen LogP contribution in [0.1, 0.15) is 29.4 Å². The molecule has 0 bridgehead atoms. The summed E-state index contributed by atoms with van der Waals surface area (Å²) in [6.45, 7) is 1.88. The molecule has 19 heavy (non-hydrogen) atoms. The summed E-state index contributed by atoms with van der Waals surface area (Å²) in [6, 6.07) is 1.15. The van der Waals surface area contributed by atoms with Gasteiger partial charge in [0.25, 0.3) is 0 Å². The molecule has 0 saturated heterocycles. The molecule has 0 radical (unpaired) electrons. The zero-order valence-electron chi connectivity index (χ0n) is 10.5. The molecule has 0 aromatic carbocycles. The lowest BCUT2D eigenvalue weighted by atomic mass is 10.2. The minimum absolute atomic E-state index is 0.0120. The van der Waals surface area contributed by atoms with Gasteiger partial charge >= 0.3 is 5.97 Å². The Kier molecular flexibility index (Phi) is 4.06. The van der Waals surface area contributed by atoms with Crippen LogP contribution in [0.5, 0.6) is 0 Å². The Morgan fingerprint density at radius 2 is 2.16 bits per heavy atom. The van der Waals surface area contributed by atoms with Gasteiger partial charge in [-0.25, -0.2) is 13.2 Å². The van der Waals surface area contributed by atoms with E-state index in [1.165, 1.54) is 10.4 Å². The van der Waals surface area contributed by atoms with Crippen molar-refractivity contribution in [3.8, 4) is 0 Å². The molecule has 1 fully saturated rings. The zero-order valence-corrected chi connectivity index (χ0v) is 13.7. The number of hydrogen-bond acceptors (Lipinski definition) is 4. The fraction of sp³-hybridized carbons (Fsp3) is 0.545. The number of sulfonamides is 1. The maximum absolute atomic E-state index is 12.5. The summed E-state index contributed by atoms with van der Waals surface area (Å²) in [5.74, 6) is -0.707. The lowest BCUT2D eigenvalue weighted by molar-refractivity contribution is 0.0702. The predicted octanol–water partition coefficient (Wildman–Crippen LogP) is 2.63. The largest absolute Gasteiger partial charge is 0.477 e. The van der Waals surface area contributed by atoms with Crippen molar-refractivity contribution in [3.63, 3.8) is 0 Å². The standard InChI is InChI=1S/C11H14BrNO4S2/c1-6(7-3-4-7)13(2)19(16,17)9-5-8(11(14)15)18-10(9)12/h5-7H,3-4H2,1-2H3,(H,14,15)/t6-/m0/s1. The van der Waals surface area contributed by atoms with Gasteiger partial charge in [-0.1, -0.05) is 0 Å². The summed E-state index contributed by atoms with van der Waals surface area (Å²) in [5.41, 5.74) is 0. The molecule has 106 valence electrons. The molecule has 0 amide bonds. The fourth-order valence-corrected chi connectivity index (χ4v) is 5.66. The van der Waals surface area contributed by atoms with Crippen molar-refractivity contribution < 1.29 is 18.3 Å². The highest BCUT2D eigenvalue weighted by molar-refractivity contribution is 9.11. The van der Waals surface area contributed by atoms with Gasteiger partial charge in [0, 0.05) is 13.1 Å². The number of carboxylic acid groups (broad SMARTS) is 1. The van der Waals surface area contributed by atoms with Crippen LogP contribution < -0.4 is 0 Å². The van der Waals surface area contributed by atoms with Gasteiger partial charge in [0.15, 0.2) is 0 Å². The van der Waals surface area contributed by atoms with E-state index in [0.29, 0.717) is 9.70 Å². The summed E-state index contributed by atoms with van der Waals surface area (Å²) in [5, 5.41) is 8.92. The van der Waals surface area contributed by atoms with Gasteiger partial charge in [0.05, 0.1) is 3.79 Å². The molecule has 1 heterocycles. The van der Waals surface area contributed by atoms with Gasteiger partial charge in [0.2, 0.25) is 10.0 Å². The van der Waals surface area contributed by atoms with Crippen molar-refractivity contribution in [2.75, 3.05) is 7.05 Å². The van der Waals surface area contributed by atoms with Crippen LogP contribution in [-0.2, 0) is 10.0 Å². The number of halogens is 1. The van der Waals surface area contributed by atoms with Gasteiger partial charge in [-0.3, -0.25) is 0 Å². The molecule has 0 unspecified atom stereocenters. The van der Waals surface area contributed by atoms with Crippen LogP contribution in [0.15, 0.2) is 14.7 Å². The van der Waals surface area contributed by atoms with E-state index in [1.54, 1.807) is 7.05 Å². The van der Waals surface area contributed by atoms with E-state index >= 15 is 0 Å². The minimum Gasteiger partial charge on any atom is -0.477 e. The molecular formula is C11H14BrNO4S2.